The Morgan fingerprint density at radius 1 is 0.907 bits per heavy atom. The van der Waals surface area contributed by atoms with Gasteiger partial charge in [-0.2, -0.15) is 31.7 Å². The third kappa shape index (κ3) is 4.97. The van der Waals surface area contributed by atoms with Crippen LogP contribution < -0.4 is 5.69 Å². The lowest BCUT2D eigenvalue weighted by atomic mass is 10.3. The van der Waals surface area contributed by atoms with Crippen molar-refractivity contribution in [3.05, 3.63) is 77.2 Å². The summed E-state index contributed by atoms with van der Waals surface area (Å²) in [6.07, 6.45) is -5.32. The molecule has 3 heterocycles. The van der Waals surface area contributed by atoms with Crippen molar-refractivity contribution in [2.75, 3.05) is 5.75 Å². The molecule has 0 unspecified atom stereocenters. The molecule has 11 nitrogen and oxygen atoms in total. The van der Waals surface area contributed by atoms with Gasteiger partial charge in [-0.15, -0.1) is 0 Å². The van der Waals surface area contributed by atoms with Gasteiger partial charge in [0.05, 0.1) is 21.2 Å². The van der Waals surface area contributed by atoms with Gasteiger partial charge in [-0.05, 0) is 54.6 Å². The van der Waals surface area contributed by atoms with E-state index in [9.17, 15) is 48.0 Å². The van der Waals surface area contributed by atoms with Gasteiger partial charge in [-0.1, -0.05) is 6.92 Å². The average molecular weight is 648 g/mol. The lowest BCUT2D eigenvalue weighted by Crippen LogP contribution is -2.43. The third-order valence-electron chi connectivity index (χ3n) is 6.09. The molecule has 0 aliphatic carbocycles. The van der Waals surface area contributed by atoms with Gasteiger partial charge in [0.15, 0.2) is 21.2 Å². The molecule has 0 aliphatic heterocycles. The molecule has 0 bridgehead atoms. The fourth-order valence-corrected chi connectivity index (χ4v) is 5.96. The van der Waals surface area contributed by atoms with E-state index in [1.54, 1.807) is 0 Å². The molecule has 0 atom stereocenters. The standard InChI is InChI=1S/C24H15F6N5O6S2/c1-2-42(37,38)18-9-10-19(35-22(36)34(12-31-35)14-5-3-13(25)4-6-14)33-20(18)21-32-16-11-15(7-8-17(16)41-21)43(39,40)24(29,30)23(26,27)28/h3-12H,2H2,1H3. The minimum atomic E-state index is -6.41. The van der Waals surface area contributed by atoms with E-state index in [4.69, 9.17) is 4.42 Å². The highest BCUT2D eigenvalue weighted by Gasteiger charge is 2.67. The van der Waals surface area contributed by atoms with Crippen LogP contribution in [0.5, 0.6) is 0 Å². The molecule has 0 radical (unpaired) electrons. The first-order chi connectivity index (χ1) is 20.0. The van der Waals surface area contributed by atoms with Crippen molar-refractivity contribution in [3.63, 3.8) is 0 Å². The minimum absolute atomic E-state index is 0.240. The molecule has 43 heavy (non-hydrogen) atoms. The molecule has 3 aromatic heterocycles. The highest BCUT2D eigenvalue weighted by Crippen LogP contribution is 2.43. The van der Waals surface area contributed by atoms with Crippen LogP contribution in [0.25, 0.3) is 34.2 Å². The zero-order valence-corrected chi connectivity index (χ0v) is 22.9. The normalized spacial score (nSPS) is 13.1. The molecule has 0 amide bonds. The Morgan fingerprint density at radius 2 is 1.58 bits per heavy atom. The summed E-state index contributed by atoms with van der Waals surface area (Å²) in [6.45, 7) is 1.31. The number of benzene rings is 2. The van der Waals surface area contributed by atoms with Crippen molar-refractivity contribution < 1.29 is 47.6 Å². The predicted molar refractivity (Wildman–Crippen MR) is 136 cm³/mol. The third-order valence-corrected chi connectivity index (χ3v) is 9.63. The molecular weight excluding hydrogens is 632 g/mol. The highest BCUT2D eigenvalue weighted by atomic mass is 32.2. The summed E-state index contributed by atoms with van der Waals surface area (Å²) >= 11 is 0. The fourth-order valence-electron chi connectivity index (χ4n) is 3.83. The van der Waals surface area contributed by atoms with Crippen LogP contribution >= 0.6 is 0 Å². The van der Waals surface area contributed by atoms with Crippen LogP contribution in [0.2, 0.25) is 0 Å². The number of sulfone groups is 2. The molecule has 0 N–H and O–H groups in total. The number of alkyl halides is 5. The second-order valence-corrected chi connectivity index (χ2v) is 13.0. The molecule has 19 heteroatoms. The minimum Gasteiger partial charge on any atom is -0.435 e. The Morgan fingerprint density at radius 3 is 2.21 bits per heavy atom. The van der Waals surface area contributed by atoms with E-state index in [0.29, 0.717) is 12.1 Å². The van der Waals surface area contributed by atoms with E-state index in [1.165, 1.54) is 19.1 Å². The van der Waals surface area contributed by atoms with Gasteiger partial charge in [0, 0.05) is 0 Å². The number of aromatic nitrogens is 5. The maximum absolute atomic E-state index is 13.8. The number of fused-ring (bicyclic) bond motifs is 1. The molecule has 0 saturated heterocycles. The van der Waals surface area contributed by atoms with Crippen LogP contribution in [-0.2, 0) is 19.7 Å². The molecule has 5 rings (SSSR count). The monoisotopic (exact) mass is 647 g/mol. The van der Waals surface area contributed by atoms with E-state index < -0.39 is 75.3 Å². The van der Waals surface area contributed by atoms with Gasteiger partial charge in [0.2, 0.25) is 5.89 Å². The summed E-state index contributed by atoms with van der Waals surface area (Å²) in [5, 5.41) is -2.19. The summed E-state index contributed by atoms with van der Waals surface area (Å²) in [6, 6.07) is 8.63. The van der Waals surface area contributed by atoms with Crippen molar-refractivity contribution >= 4 is 30.8 Å². The van der Waals surface area contributed by atoms with Crippen LogP contribution in [0.3, 0.4) is 0 Å². The number of halogens is 6. The molecule has 2 aromatic carbocycles. The highest BCUT2D eigenvalue weighted by molar-refractivity contribution is 7.92. The molecule has 5 aromatic rings. The Balaban J connectivity index is 1.65. The largest absolute Gasteiger partial charge is 0.469 e. The van der Waals surface area contributed by atoms with Crippen LogP contribution in [0.4, 0.5) is 26.3 Å². The van der Waals surface area contributed by atoms with Crippen molar-refractivity contribution in [1.82, 2.24) is 24.3 Å². The maximum Gasteiger partial charge on any atom is 0.469 e. The first-order valence-corrected chi connectivity index (χ1v) is 14.9. The van der Waals surface area contributed by atoms with E-state index in [1.807, 2.05) is 0 Å². The van der Waals surface area contributed by atoms with Crippen molar-refractivity contribution in [2.24, 2.45) is 0 Å². The summed E-state index contributed by atoms with van der Waals surface area (Å²) in [7, 11) is -10.3. The molecular formula is C24H15F6N5O6S2. The van der Waals surface area contributed by atoms with Crippen molar-refractivity contribution in [1.29, 1.82) is 0 Å². The summed E-state index contributed by atoms with van der Waals surface area (Å²) in [5.74, 6) is -1.83. The molecule has 226 valence electrons. The van der Waals surface area contributed by atoms with Gasteiger partial charge < -0.3 is 4.42 Å². The summed E-state index contributed by atoms with van der Waals surface area (Å²) in [4.78, 5) is 19.2. The first-order valence-electron chi connectivity index (χ1n) is 11.7. The van der Waals surface area contributed by atoms with E-state index in [0.717, 1.165) is 45.9 Å². The molecule has 0 spiro atoms. The zero-order chi connectivity index (χ0) is 31.5. The van der Waals surface area contributed by atoms with Gasteiger partial charge in [-0.3, -0.25) is 0 Å². The van der Waals surface area contributed by atoms with E-state index >= 15 is 0 Å². The molecule has 0 aliphatic rings. The summed E-state index contributed by atoms with van der Waals surface area (Å²) < 4.78 is 136. The number of oxazole rings is 1. The Bertz CT molecular complexity index is 2160. The lowest BCUT2D eigenvalue weighted by Gasteiger charge is -2.19. The zero-order valence-electron chi connectivity index (χ0n) is 21.3. The smallest absolute Gasteiger partial charge is 0.435 e. The Kier molecular flexibility index (Phi) is 6.99. The van der Waals surface area contributed by atoms with Crippen LogP contribution in [0, 0.1) is 5.82 Å². The number of hydrogen-bond donors (Lipinski definition) is 0. The predicted octanol–water partition coefficient (Wildman–Crippen LogP) is 4.09. The fraction of sp³-hybridized carbons (Fsp3) is 0.167. The number of hydrogen-bond acceptors (Lipinski definition) is 9. The van der Waals surface area contributed by atoms with E-state index in [-0.39, 0.29) is 17.1 Å². The Hall–Kier alpha value is -4.52. The van der Waals surface area contributed by atoms with Gasteiger partial charge in [0.1, 0.15) is 23.4 Å². The Labute approximate surface area is 236 Å². The molecule has 0 saturated carbocycles. The van der Waals surface area contributed by atoms with Gasteiger partial charge in [-0.25, -0.2) is 40.6 Å². The van der Waals surface area contributed by atoms with Crippen LogP contribution in [0.15, 0.2) is 79.9 Å². The van der Waals surface area contributed by atoms with E-state index in [2.05, 4.69) is 15.1 Å². The van der Waals surface area contributed by atoms with Crippen molar-refractivity contribution in [3.8, 4) is 23.1 Å². The van der Waals surface area contributed by atoms with Crippen LogP contribution in [0.1, 0.15) is 6.92 Å². The SMILES string of the molecule is CCS(=O)(=O)c1ccc(-n2ncn(-c3ccc(F)cc3)c2=O)nc1-c1nc2cc(S(=O)(=O)C(F)(F)C(F)(F)F)ccc2o1. The number of rotatable bonds is 7. The van der Waals surface area contributed by atoms with Gasteiger partial charge >= 0.3 is 17.1 Å². The lowest BCUT2D eigenvalue weighted by molar-refractivity contribution is -0.241. The first kappa shape index (κ1) is 30.0. The van der Waals surface area contributed by atoms with Gasteiger partial charge in [0.25, 0.3) is 9.84 Å². The second-order valence-electron chi connectivity index (χ2n) is 8.76. The average Bonchev–Trinajstić information content (AvgIpc) is 3.55. The van der Waals surface area contributed by atoms with Crippen molar-refractivity contribution in [2.45, 2.75) is 28.1 Å². The topological polar surface area (TPSA) is 147 Å². The molecule has 0 fully saturated rings. The quantitative estimate of drug-likeness (QED) is 0.238. The maximum atomic E-state index is 13.8. The second kappa shape index (κ2) is 10.0. The number of nitrogens with zero attached hydrogens (tertiary/aromatic N) is 5. The summed E-state index contributed by atoms with van der Waals surface area (Å²) in [5.41, 5.74) is -1.88. The van der Waals surface area contributed by atoms with Crippen LogP contribution in [-0.4, -0.2) is 58.3 Å². The number of pyridine rings is 1.